The molecule has 0 amide bonds. The number of halogens is 1. The van der Waals surface area contributed by atoms with E-state index in [1.54, 1.807) is 54.1 Å². The molecule has 1 saturated carbocycles. The summed E-state index contributed by atoms with van der Waals surface area (Å²) in [5, 5.41) is -0.0840. The molecule has 1 fully saturated rings. The first kappa shape index (κ1) is 25.7. The first-order valence-corrected chi connectivity index (χ1v) is 14.2. The van der Waals surface area contributed by atoms with Crippen LogP contribution in [-0.4, -0.2) is 37.1 Å². The highest BCUT2D eigenvalue weighted by atomic mass is 32.2. The zero-order chi connectivity index (χ0) is 28.0. The summed E-state index contributed by atoms with van der Waals surface area (Å²) < 4.78 is 46.0. The van der Waals surface area contributed by atoms with Crippen LogP contribution in [0.3, 0.4) is 0 Å². The molecule has 5 aromatic rings. The van der Waals surface area contributed by atoms with Crippen LogP contribution < -0.4 is 16.0 Å². The third-order valence-corrected chi connectivity index (χ3v) is 8.13. The molecule has 11 nitrogen and oxygen atoms in total. The Labute approximate surface area is 228 Å². The normalized spacial score (nSPS) is 13.7. The first-order chi connectivity index (χ1) is 19.2. The van der Waals surface area contributed by atoms with Gasteiger partial charge < -0.3 is 9.55 Å². The maximum atomic E-state index is 14.3. The summed E-state index contributed by atoms with van der Waals surface area (Å²) in [6.45, 7) is 0.247. The number of hydrogen-bond acceptors (Lipinski definition) is 6. The molecule has 1 aliphatic rings. The van der Waals surface area contributed by atoms with E-state index in [1.165, 1.54) is 23.2 Å². The Morgan fingerprint density at radius 3 is 2.50 bits per heavy atom. The molecule has 40 heavy (non-hydrogen) atoms. The highest BCUT2D eigenvalue weighted by molar-refractivity contribution is 7.92. The van der Waals surface area contributed by atoms with Crippen molar-refractivity contribution in [3.8, 4) is 0 Å². The van der Waals surface area contributed by atoms with E-state index in [0.29, 0.717) is 30.4 Å². The van der Waals surface area contributed by atoms with Crippen molar-refractivity contribution >= 4 is 26.9 Å². The van der Waals surface area contributed by atoms with E-state index in [9.17, 15) is 22.4 Å². The average Bonchev–Trinajstić information content (AvgIpc) is 3.47. The second-order valence-electron chi connectivity index (χ2n) is 10.1. The van der Waals surface area contributed by atoms with Crippen molar-refractivity contribution in [1.82, 2.24) is 28.7 Å². The molecule has 0 spiro atoms. The quantitative estimate of drug-likeness (QED) is 0.283. The number of rotatable bonds is 9. The van der Waals surface area contributed by atoms with Crippen molar-refractivity contribution < 1.29 is 12.8 Å². The third kappa shape index (κ3) is 5.07. The zero-order valence-corrected chi connectivity index (χ0v) is 22.4. The van der Waals surface area contributed by atoms with Crippen molar-refractivity contribution in [2.45, 2.75) is 37.4 Å². The summed E-state index contributed by atoms with van der Waals surface area (Å²) >= 11 is 0. The number of benzene rings is 2. The van der Waals surface area contributed by atoms with E-state index in [2.05, 4.69) is 19.7 Å². The molecule has 6 rings (SSSR count). The summed E-state index contributed by atoms with van der Waals surface area (Å²) in [6, 6.07) is 12.8. The molecule has 3 heterocycles. The molecule has 13 heteroatoms. The second kappa shape index (κ2) is 9.90. The van der Waals surface area contributed by atoms with Gasteiger partial charge in [0.05, 0.1) is 12.9 Å². The molecule has 2 N–H and O–H groups in total. The van der Waals surface area contributed by atoms with Crippen LogP contribution in [-0.2, 0) is 36.6 Å². The summed E-state index contributed by atoms with van der Waals surface area (Å²) in [4.78, 5) is 38.3. The summed E-state index contributed by atoms with van der Waals surface area (Å²) in [5.74, 6) is 0.322. The standard InChI is InChI=1S/C27H26FN7O4S/c1-33-15-23(29-16-33)40(38,39)32-20-10-8-17(9-11-20)12-22-30-24-25(31-22)34(13-18-6-7-18)27(37)35(26(24)36)14-19-4-2-3-5-21(19)28/h2-5,8-11,15-16,18,32H,6-7,12-14H2,1H3,(H,30,31). The average molecular weight is 564 g/mol. The van der Waals surface area contributed by atoms with Crippen molar-refractivity contribution in [2.75, 3.05) is 4.72 Å². The van der Waals surface area contributed by atoms with E-state index in [4.69, 9.17) is 0 Å². The van der Waals surface area contributed by atoms with Crippen molar-refractivity contribution in [1.29, 1.82) is 0 Å². The summed E-state index contributed by atoms with van der Waals surface area (Å²) in [7, 11) is -2.14. The number of nitrogens with zero attached hydrogens (tertiary/aromatic N) is 5. The predicted molar refractivity (Wildman–Crippen MR) is 146 cm³/mol. The first-order valence-electron chi connectivity index (χ1n) is 12.7. The van der Waals surface area contributed by atoms with Gasteiger partial charge in [-0.25, -0.2) is 19.2 Å². The summed E-state index contributed by atoms with van der Waals surface area (Å²) in [6.07, 6.45) is 5.11. The van der Waals surface area contributed by atoms with Crippen molar-refractivity contribution in [3.05, 3.63) is 105 Å². The van der Waals surface area contributed by atoms with Crippen LogP contribution in [0.15, 0.2) is 75.7 Å². The highest BCUT2D eigenvalue weighted by Gasteiger charge is 2.26. The lowest BCUT2D eigenvalue weighted by molar-refractivity contribution is 0.548. The molecule has 3 aromatic heterocycles. The van der Waals surface area contributed by atoms with Gasteiger partial charge in [0, 0.05) is 37.5 Å². The Kier molecular flexibility index (Phi) is 6.37. The Bertz CT molecular complexity index is 1950. The number of aryl methyl sites for hydroxylation is 1. The maximum absolute atomic E-state index is 14.3. The number of H-pyrrole nitrogens is 1. The molecular weight excluding hydrogens is 537 g/mol. The van der Waals surface area contributed by atoms with Gasteiger partial charge >= 0.3 is 5.69 Å². The predicted octanol–water partition coefficient (Wildman–Crippen LogP) is 2.61. The summed E-state index contributed by atoms with van der Waals surface area (Å²) in [5.41, 5.74) is 0.810. The van der Waals surface area contributed by atoms with Gasteiger partial charge in [0.1, 0.15) is 17.2 Å². The van der Waals surface area contributed by atoms with Crippen LogP contribution in [0.4, 0.5) is 10.1 Å². The Balaban J connectivity index is 1.30. The lowest BCUT2D eigenvalue weighted by Gasteiger charge is -2.11. The van der Waals surface area contributed by atoms with Gasteiger partial charge in [-0.1, -0.05) is 30.3 Å². The minimum atomic E-state index is -3.82. The van der Waals surface area contributed by atoms with Crippen LogP contribution in [0.1, 0.15) is 29.8 Å². The van der Waals surface area contributed by atoms with Gasteiger partial charge in [-0.15, -0.1) is 0 Å². The maximum Gasteiger partial charge on any atom is 0.333 e. The van der Waals surface area contributed by atoms with E-state index >= 15 is 0 Å². The molecule has 1 aliphatic carbocycles. The van der Waals surface area contributed by atoms with E-state index in [-0.39, 0.29) is 28.3 Å². The van der Waals surface area contributed by atoms with E-state index in [1.807, 2.05) is 0 Å². The number of sulfonamides is 1. The number of fused-ring (bicyclic) bond motifs is 1. The van der Waals surface area contributed by atoms with Crippen molar-refractivity contribution in [3.63, 3.8) is 0 Å². The van der Waals surface area contributed by atoms with Gasteiger partial charge in [-0.3, -0.25) is 18.7 Å². The molecular formula is C27H26FN7O4S. The lowest BCUT2D eigenvalue weighted by Crippen LogP contribution is -2.40. The highest BCUT2D eigenvalue weighted by Crippen LogP contribution is 2.30. The van der Waals surface area contributed by atoms with Gasteiger partial charge in [0.2, 0.25) is 0 Å². The third-order valence-electron chi connectivity index (χ3n) is 6.87. The van der Waals surface area contributed by atoms with E-state index < -0.39 is 27.1 Å². The SMILES string of the molecule is Cn1cnc(S(=O)(=O)Nc2ccc(Cc3nc4c([nH]3)c(=O)n(Cc3ccccc3F)c(=O)n4CC3CC3)cc2)c1. The Morgan fingerprint density at radius 1 is 1.07 bits per heavy atom. The fourth-order valence-electron chi connectivity index (χ4n) is 4.58. The number of imidazole rings is 2. The topological polar surface area (TPSA) is 137 Å². The lowest BCUT2D eigenvalue weighted by atomic mass is 10.1. The minimum Gasteiger partial charge on any atom is -0.339 e. The molecule has 0 radical (unpaired) electrons. The number of aromatic amines is 1. The fraction of sp³-hybridized carbons (Fsp3) is 0.259. The van der Waals surface area contributed by atoms with Crippen molar-refractivity contribution in [2.24, 2.45) is 13.0 Å². The molecule has 0 bridgehead atoms. The van der Waals surface area contributed by atoms with Gasteiger partial charge in [0.15, 0.2) is 10.7 Å². The molecule has 0 atom stereocenters. The molecule has 0 saturated heterocycles. The largest absolute Gasteiger partial charge is 0.339 e. The molecule has 0 aliphatic heterocycles. The van der Waals surface area contributed by atoms with E-state index in [0.717, 1.165) is 23.0 Å². The van der Waals surface area contributed by atoms with Gasteiger partial charge in [-0.05, 0) is 42.5 Å². The zero-order valence-electron chi connectivity index (χ0n) is 21.5. The van der Waals surface area contributed by atoms with Gasteiger partial charge in [-0.2, -0.15) is 8.42 Å². The number of anilines is 1. The fourth-order valence-corrected chi connectivity index (χ4v) is 5.62. The molecule has 0 unspecified atom stereocenters. The number of nitrogens with one attached hydrogen (secondary N) is 2. The monoisotopic (exact) mass is 563 g/mol. The Morgan fingerprint density at radius 2 is 1.82 bits per heavy atom. The molecule has 2 aromatic carbocycles. The second-order valence-corrected chi connectivity index (χ2v) is 11.7. The van der Waals surface area contributed by atoms with Gasteiger partial charge in [0.25, 0.3) is 15.6 Å². The van der Waals surface area contributed by atoms with Crippen LogP contribution in [0.25, 0.3) is 11.2 Å². The number of hydrogen-bond donors (Lipinski definition) is 2. The van der Waals surface area contributed by atoms with Crippen LogP contribution in [0.2, 0.25) is 0 Å². The smallest absolute Gasteiger partial charge is 0.333 e. The Hall–Kier alpha value is -4.52. The molecule has 206 valence electrons. The number of aromatic nitrogens is 6. The van der Waals surface area contributed by atoms with Crippen LogP contribution >= 0.6 is 0 Å². The van der Waals surface area contributed by atoms with Crippen LogP contribution in [0, 0.1) is 11.7 Å². The van der Waals surface area contributed by atoms with Crippen LogP contribution in [0.5, 0.6) is 0 Å². The minimum absolute atomic E-state index is 0.0840.